The van der Waals surface area contributed by atoms with Crippen LogP contribution in [-0.2, 0) is 25.6 Å². The third-order valence-corrected chi connectivity index (χ3v) is 3.08. The van der Waals surface area contributed by atoms with Crippen molar-refractivity contribution < 1.29 is 24.3 Å². The molecule has 1 aromatic carbocycles. The number of carbonyl (C=O) groups is 4. The fourth-order valence-electron chi connectivity index (χ4n) is 1.93. The molecule has 2 atom stereocenters. The highest BCUT2D eigenvalue weighted by molar-refractivity contribution is 5.98. The van der Waals surface area contributed by atoms with E-state index in [9.17, 15) is 24.3 Å². The molecule has 0 saturated heterocycles. The van der Waals surface area contributed by atoms with Crippen molar-refractivity contribution in [2.24, 2.45) is 0 Å². The number of carboxylic acids is 1. The minimum absolute atomic E-state index is 0.135. The van der Waals surface area contributed by atoms with Gasteiger partial charge in [0.1, 0.15) is 17.9 Å². The van der Waals surface area contributed by atoms with Crippen LogP contribution in [0, 0.1) is 0 Å². The first-order valence-corrected chi connectivity index (χ1v) is 7.15. The molecule has 0 saturated carbocycles. The van der Waals surface area contributed by atoms with Gasteiger partial charge in [-0.05, 0) is 19.4 Å². The average molecular weight is 320 g/mol. The summed E-state index contributed by atoms with van der Waals surface area (Å²) in [4.78, 5) is 45.6. The monoisotopic (exact) mass is 320 g/mol. The van der Waals surface area contributed by atoms with Gasteiger partial charge < -0.3 is 15.7 Å². The van der Waals surface area contributed by atoms with E-state index in [2.05, 4.69) is 10.6 Å². The lowest BCUT2D eigenvalue weighted by molar-refractivity contribution is -0.142. The van der Waals surface area contributed by atoms with Gasteiger partial charge >= 0.3 is 5.97 Å². The number of Topliss-reactive ketones (excluding diaryl/α,β-unsaturated/α-hetero) is 1. The summed E-state index contributed by atoms with van der Waals surface area (Å²) in [5.41, 5.74) is 0.772. The maximum atomic E-state index is 12.0. The SMILES string of the molecule is CC(=O)CC(=O)NC(C)C(=O)NC(Cc1ccccc1)C(=O)O. The summed E-state index contributed by atoms with van der Waals surface area (Å²) in [7, 11) is 0. The third kappa shape index (κ3) is 6.73. The van der Waals surface area contributed by atoms with Gasteiger partial charge in [-0.15, -0.1) is 0 Å². The van der Waals surface area contributed by atoms with E-state index in [1.165, 1.54) is 13.8 Å². The van der Waals surface area contributed by atoms with Gasteiger partial charge in [0.15, 0.2) is 0 Å². The van der Waals surface area contributed by atoms with Crippen molar-refractivity contribution in [1.82, 2.24) is 10.6 Å². The van der Waals surface area contributed by atoms with Gasteiger partial charge in [-0.2, -0.15) is 0 Å². The van der Waals surface area contributed by atoms with Gasteiger partial charge in [-0.3, -0.25) is 14.4 Å². The second-order valence-electron chi connectivity index (χ2n) is 5.26. The highest BCUT2D eigenvalue weighted by Gasteiger charge is 2.24. The first kappa shape index (κ1) is 18.3. The van der Waals surface area contributed by atoms with Crippen LogP contribution in [0.2, 0.25) is 0 Å². The second kappa shape index (κ2) is 8.67. The molecule has 0 radical (unpaired) electrons. The molecule has 0 spiro atoms. The minimum atomic E-state index is -1.16. The first-order chi connectivity index (χ1) is 10.8. The Morgan fingerprint density at radius 1 is 1.09 bits per heavy atom. The van der Waals surface area contributed by atoms with Gasteiger partial charge in [0.2, 0.25) is 11.8 Å². The average Bonchev–Trinajstić information content (AvgIpc) is 2.46. The molecule has 0 bridgehead atoms. The third-order valence-electron chi connectivity index (χ3n) is 3.08. The predicted molar refractivity (Wildman–Crippen MR) is 82.6 cm³/mol. The molecule has 1 rings (SSSR count). The number of benzene rings is 1. The second-order valence-corrected chi connectivity index (χ2v) is 5.26. The number of hydrogen-bond acceptors (Lipinski definition) is 4. The number of rotatable bonds is 8. The molecule has 0 fully saturated rings. The molecule has 1 aromatic rings. The molecular formula is C16H20N2O5. The lowest BCUT2D eigenvalue weighted by Gasteiger charge is -2.18. The summed E-state index contributed by atoms with van der Waals surface area (Å²) in [5.74, 6) is -2.67. The number of carbonyl (C=O) groups excluding carboxylic acids is 3. The molecule has 0 aliphatic heterocycles. The molecule has 2 unspecified atom stereocenters. The Hall–Kier alpha value is -2.70. The largest absolute Gasteiger partial charge is 0.480 e. The zero-order chi connectivity index (χ0) is 17.4. The van der Waals surface area contributed by atoms with Crippen molar-refractivity contribution in [3.8, 4) is 0 Å². The smallest absolute Gasteiger partial charge is 0.326 e. The van der Waals surface area contributed by atoms with E-state index >= 15 is 0 Å². The molecule has 7 nitrogen and oxygen atoms in total. The first-order valence-electron chi connectivity index (χ1n) is 7.15. The molecule has 7 heteroatoms. The number of carboxylic acid groups (broad SMARTS) is 1. The molecule has 23 heavy (non-hydrogen) atoms. The van der Waals surface area contributed by atoms with Crippen LogP contribution in [0.3, 0.4) is 0 Å². The number of nitrogens with one attached hydrogen (secondary N) is 2. The zero-order valence-electron chi connectivity index (χ0n) is 13.0. The lowest BCUT2D eigenvalue weighted by Crippen LogP contribution is -2.51. The lowest BCUT2D eigenvalue weighted by atomic mass is 10.1. The summed E-state index contributed by atoms with van der Waals surface area (Å²) in [6.45, 7) is 2.69. The van der Waals surface area contributed by atoms with Crippen molar-refractivity contribution >= 4 is 23.6 Å². The van der Waals surface area contributed by atoms with Crippen molar-refractivity contribution in [3.05, 3.63) is 35.9 Å². The van der Waals surface area contributed by atoms with Crippen LogP contribution in [0.25, 0.3) is 0 Å². The van der Waals surface area contributed by atoms with Crippen molar-refractivity contribution in [2.75, 3.05) is 0 Å². The number of aliphatic carboxylic acids is 1. The van der Waals surface area contributed by atoms with Crippen LogP contribution in [0.15, 0.2) is 30.3 Å². The van der Waals surface area contributed by atoms with Crippen molar-refractivity contribution in [1.29, 1.82) is 0 Å². The van der Waals surface area contributed by atoms with Gasteiger partial charge in [-0.25, -0.2) is 4.79 Å². The van der Waals surface area contributed by atoms with E-state index in [4.69, 9.17) is 0 Å². The van der Waals surface area contributed by atoms with E-state index in [0.29, 0.717) is 0 Å². The number of amides is 2. The van der Waals surface area contributed by atoms with Crippen LogP contribution in [0.4, 0.5) is 0 Å². The quantitative estimate of drug-likeness (QED) is 0.596. The standard InChI is InChI=1S/C16H20N2O5/c1-10(19)8-14(20)17-11(2)15(21)18-13(16(22)23)9-12-6-4-3-5-7-12/h3-7,11,13H,8-9H2,1-2H3,(H,17,20)(H,18,21)(H,22,23). The Morgan fingerprint density at radius 3 is 2.22 bits per heavy atom. The molecule has 3 N–H and O–H groups in total. The zero-order valence-corrected chi connectivity index (χ0v) is 13.0. The van der Waals surface area contributed by atoms with Crippen molar-refractivity contribution in [2.45, 2.75) is 38.8 Å². The normalized spacial score (nSPS) is 12.8. The van der Waals surface area contributed by atoms with Crippen LogP contribution < -0.4 is 10.6 Å². The van der Waals surface area contributed by atoms with Crippen LogP contribution in [0.5, 0.6) is 0 Å². The van der Waals surface area contributed by atoms with E-state index in [-0.39, 0.29) is 18.6 Å². The molecule has 0 aromatic heterocycles. The summed E-state index contributed by atoms with van der Waals surface area (Å²) >= 11 is 0. The fourth-order valence-corrected chi connectivity index (χ4v) is 1.93. The maximum Gasteiger partial charge on any atom is 0.326 e. The van der Waals surface area contributed by atoms with E-state index in [0.717, 1.165) is 5.56 Å². The van der Waals surface area contributed by atoms with Gasteiger partial charge in [0, 0.05) is 6.42 Å². The van der Waals surface area contributed by atoms with E-state index in [1.807, 2.05) is 6.07 Å². The molecule has 2 amide bonds. The Bertz CT molecular complexity index is 585. The molecule has 0 aliphatic rings. The molecule has 0 aliphatic carbocycles. The van der Waals surface area contributed by atoms with Gasteiger partial charge in [0.05, 0.1) is 6.42 Å². The number of hydrogen-bond donors (Lipinski definition) is 3. The fraction of sp³-hybridized carbons (Fsp3) is 0.375. The van der Waals surface area contributed by atoms with E-state index in [1.54, 1.807) is 24.3 Å². The minimum Gasteiger partial charge on any atom is -0.480 e. The Balaban J connectivity index is 2.61. The highest BCUT2D eigenvalue weighted by Crippen LogP contribution is 2.04. The van der Waals surface area contributed by atoms with Gasteiger partial charge in [-0.1, -0.05) is 30.3 Å². The summed E-state index contributed by atoms with van der Waals surface area (Å²) < 4.78 is 0. The highest BCUT2D eigenvalue weighted by atomic mass is 16.4. The maximum absolute atomic E-state index is 12.0. The molecular weight excluding hydrogens is 300 g/mol. The van der Waals surface area contributed by atoms with Crippen LogP contribution >= 0.6 is 0 Å². The Kier molecular flexibility index (Phi) is 6.92. The summed E-state index contributed by atoms with van der Waals surface area (Å²) in [5, 5.41) is 14.0. The van der Waals surface area contributed by atoms with E-state index < -0.39 is 29.9 Å². The Labute approximate surface area is 134 Å². The number of ketones is 1. The van der Waals surface area contributed by atoms with Gasteiger partial charge in [0.25, 0.3) is 0 Å². The van der Waals surface area contributed by atoms with Crippen LogP contribution in [-0.4, -0.2) is 40.8 Å². The predicted octanol–water partition coefficient (Wildman–Crippen LogP) is 0.282. The van der Waals surface area contributed by atoms with Crippen molar-refractivity contribution in [3.63, 3.8) is 0 Å². The van der Waals surface area contributed by atoms with Crippen LogP contribution in [0.1, 0.15) is 25.8 Å². The molecule has 0 heterocycles. The summed E-state index contributed by atoms with van der Waals surface area (Å²) in [6.07, 6.45) is -0.181. The topological polar surface area (TPSA) is 113 Å². The molecule has 124 valence electrons. The summed E-state index contributed by atoms with van der Waals surface area (Å²) in [6, 6.07) is 6.86. The Morgan fingerprint density at radius 2 is 1.70 bits per heavy atom.